The number of carboxylic acid groups (broad SMARTS) is 1. The van der Waals surface area contributed by atoms with Crippen molar-refractivity contribution in [1.29, 1.82) is 0 Å². The van der Waals surface area contributed by atoms with Crippen LogP contribution in [-0.4, -0.2) is 33.9 Å². The monoisotopic (exact) mass is 157 g/mol. The molecule has 0 aromatic heterocycles. The molecule has 6 nitrogen and oxygen atoms in total. The fourth-order valence-electron chi connectivity index (χ4n) is 0.421. The Morgan fingerprint density at radius 1 is 1.73 bits per heavy atom. The predicted molar refractivity (Wildman–Crippen MR) is 34.9 cm³/mol. The Hall–Kier alpha value is -1.52. The molecule has 1 unspecified atom stereocenters. The quantitative estimate of drug-likeness (QED) is 0.298. The van der Waals surface area contributed by atoms with Gasteiger partial charge in [-0.1, -0.05) is 0 Å². The van der Waals surface area contributed by atoms with Crippen molar-refractivity contribution in [1.82, 2.24) is 0 Å². The maximum atomic E-state index is 10.5. The van der Waals surface area contributed by atoms with Crippen LogP contribution in [0.2, 0.25) is 0 Å². The van der Waals surface area contributed by atoms with E-state index in [1.807, 2.05) is 0 Å². The first-order valence-corrected chi connectivity index (χ1v) is 2.76. The van der Waals surface area contributed by atoms with E-state index >= 15 is 0 Å². The summed E-state index contributed by atoms with van der Waals surface area (Å²) in [5.41, 5.74) is 12.8. The van der Waals surface area contributed by atoms with Gasteiger partial charge in [0.1, 0.15) is 6.04 Å². The van der Waals surface area contributed by atoms with Crippen molar-refractivity contribution < 1.29 is 19.5 Å². The molecule has 3 N–H and O–H groups in total. The topological polar surface area (TPSA) is 117 Å². The van der Waals surface area contributed by atoms with Gasteiger partial charge < -0.3 is 16.4 Å². The van der Waals surface area contributed by atoms with Crippen LogP contribution < -0.4 is 5.73 Å². The van der Waals surface area contributed by atoms with Gasteiger partial charge in [-0.15, -0.1) is 0 Å². The molecule has 0 amide bonds. The van der Waals surface area contributed by atoms with Gasteiger partial charge in [0.25, 0.3) is 0 Å². The van der Waals surface area contributed by atoms with E-state index in [1.54, 1.807) is 0 Å². The normalized spacial score (nSPS) is 11.4. The Morgan fingerprint density at radius 2 is 2.27 bits per heavy atom. The fourth-order valence-corrected chi connectivity index (χ4v) is 0.421. The molecule has 0 heterocycles. The summed E-state index contributed by atoms with van der Waals surface area (Å²) in [6.07, 6.45) is 0.252. The second-order valence-electron chi connectivity index (χ2n) is 1.86. The molecule has 1 atom stereocenters. The number of carbonyl (C=O) groups is 2. The van der Waals surface area contributed by atoms with Crippen LogP contribution in [0, 0.1) is 0 Å². The molecule has 0 aromatic rings. The van der Waals surface area contributed by atoms with Gasteiger partial charge in [-0.3, -0.25) is 9.59 Å². The first-order valence-electron chi connectivity index (χ1n) is 2.76. The van der Waals surface area contributed by atoms with Gasteiger partial charge in [0, 0.05) is 6.42 Å². The molecule has 0 aliphatic rings. The second-order valence-corrected chi connectivity index (χ2v) is 1.86. The summed E-state index contributed by atoms with van der Waals surface area (Å²) in [5.74, 6) is -1.88. The number of carbonyl (C=O) groups excluding carboxylic acids is 1. The molecule has 0 bridgehead atoms. The molecule has 0 spiro atoms. The van der Waals surface area contributed by atoms with Crippen molar-refractivity contribution in [3.63, 3.8) is 0 Å². The molecule has 60 valence electrons. The first kappa shape index (κ1) is 9.48. The summed E-state index contributed by atoms with van der Waals surface area (Å²) in [4.78, 5) is 23.0. The summed E-state index contributed by atoms with van der Waals surface area (Å²) < 4.78 is 0. The molecule has 6 heteroatoms. The summed E-state index contributed by atoms with van der Waals surface area (Å²) in [6.45, 7) is 0. The van der Waals surface area contributed by atoms with E-state index in [1.165, 1.54) is 0 Å². The lowest BCUT2D eigenvalue weighted by Gasteiger charge is -1.98. The lowest BCUT2D eigenvalue weighted by Crippen LogP contribution is -2.32. The van der Waals surface area contributed by atoms with Crippen LogP contribution in [0.15, 0.2) is 0 Å². The molecular weight excluding hydrogens is 150 g/mol. The van der Waals surface area contributed by atoms with Crippen molar-refractivity contribution in [2.24, 2.45) is 5.73 Å². The van der Waals surface area contributed by atoms with Crippen LogP contribution in [0.1, 0.15) is 6.42 Å². The van der Waals surface area contributed by atoms with Crippen LogP contribution in [0.5, 0.6) is 0 Å². The van der Waals surface area contributed by atoms with E-state index in [4.69, 9.17) is 16.4 Å². The molecule has 0 saturated heterocycles. The lowest BCUT2D eigenvalue weighted by atomic mass is 10.2. The zero-order valence-electron chi connectivity index (χ0n) is 5.60. The highest BCUT2D eigenvalue weighted by Gasteiger charge is 2.16. The standard InChI is InChI=1S/C5H7N3O3/c6-4(5(10)11)1-3(9)2-8-7/h2,4H,1,6H2,(H,10,11). The number of nitrogens with two attached hydrogens (primary N) is 1. The molecule has 0 fully saturated rings. The lowest BCUT2D eigenvalue weighted by molar-refractivity contribution is -0.139. The van der Waals surface area contributed by atoms with Crippen molar-refractivity contribution in [2.45, 2.75) is 12.5 Å². The van der Waals surface area contributed by atoms with Crippen LogP contribution in [0.4, 0.5) is 0 Å². The highest BCUT2D eigenvalue weighted by Crippen LogP contribution is 1.87. The first-order chi connectivity index (χ1) is 5.07. The van der Waals surface area contributed by atoms with Gasteiger partial charge in [-0.05, 0) is 0 Å². The summed E-state index contributed by atoms with van der Waals surface area (Å²) in [6, 6.07) is -1.24. The number of aliphatic carboxylic acids is 1. The van der Waals surface area contributed by atoms with Crippen molar-refractivity contribution >= 4 is 18.0 Å². The average molecular weight is 157 g/mol. The maximum absolute atomic E-state index is 10.5. The van der Waals surface area contributed by atoms with E-state index in [2.05, 4.69) is 4.79 Å². The third-order valence-corrected chi connectivity index (χ3v) is 0.940. The Kier molecular flexibility index (Phi) is 3.72. The Morgan fingerprint density at radius 3 is 2.64 bits per heavy atom. The van der Waals surface area contributed by atoms with Gasteiger partial charge >= 0.3 is 12.2 Å². The third kappa shape index (κ3) is 3.96. The van der Waals surface area contributed by atoms with Crippen LogP contribution in [0.25, 0.3) is 5.53 Å². The number of nitrogens with zero attached hydrogens (tertiary/aromatic N) is 2. The third-order valence-electron chi connectivity index (χ3n) is 0.940. The molecule has 0 rings (SSSR count). The largest absolute Gasteiger partial charge is 0.480 e. The summed E-state index contributed by atoms with van der Waals surface area (Å²) in [7, 11) is 0. The zero-order valence-corrected chi connectivity index (χ0v) is 5.60. The molecule has 0 aromatic carbocycles. The van der Waals surface area contributed by atoms with E-state index in [-0.39, 0.29) is 6.42 Å². The molecule has 0 aliphatic carbocycles. The average Bonchev–Trinajstić information content (AvgIpc) is 1.87. The highest BCUT2D eigenvalue weighted by atomic mass is 16.4. The number of rotatable bonds is 4. The molecule has 11 heavy (non-hydrogen) atoms. The number of Topliss-reactive ketones (excluding diaryl/α,β-unsaturated/α-hetero) is 1. The Labute approximate surface area is 62.2 Å². The molecule has 0 aliphatic heterocycles. The smallest absolute Gasteiger partial charge is 0.323 e. The Bertz CT molecular complexity index is 219. The molecular formula is C5H7N3O3. The van der Waals surface area contributed by atoms with E-state index < -0.39 is 17.8 Å². The number of carboxylic acids is 1. The predicted octanol–water partition coefficient (Wildman–Crippen LogP) is -1.34. The fraction of sp³-hybridized carbons (Fsp3) is 0.400. The minimum Gasteiger partial charge on any atom is -0.480 e. The van der Waals surface area contributed by atoms with Gasteiger partial charge in [0.2, 0.25) is 5.78 Å². The molecule has 0 radical (unpaired) electrons. The minimum absolute atomic E-state index is 0.362. The summed E-state index contributed by atoms with van der Waals surface area (Å²) >= 11 is 0. The second kappa shape index (κ2) is 4.32. The van der Waals surface area contributed by atoms with E-state index in [0.29, 0.717) is 6.21 Å². The maximum Gasteiger partial charge on any atom is 0.323 e. The van der Waals surface area contributed by atoms with Crippen LogP contribution >= 0.6 is 0 Å². The van der Waals surface area contributed by atoms with Crippen LogP contribution in [0.3, 0.4) is 0 Å². The number of hydrogen-bond acceptors (Lipinski definition) is 3. The van der Waals surface area contributed by atoms with Gasteiger partial charge in [0.15, 0.2) is 0 Å². The zero-order chi connectivity index (χ0) is 8.85. The Balaban J connectivity index is 3.94. The molecule has 0 saturated carbocycles. The van der Waals surface area contributed by atoms with Crippen molar-refractivity contribution in [2.75, 3.05) is 0 Å². The van der Waals surface area contributed by atoms with E-state index in [0.717, 1.165) is 0 Å². The summed E-state index contributed by atoms with van der Waals surface area (Å²) in [5, 5.41) is 8.21. The van der Waals surface area contributed by atoms with E-state index in [9.17, 15) is 9.59 Å². The minimum atomic E-state index is -1.26. The van der Waals surface area contributed by atoms with Crippen molar-refractivity contribution in [3.05, 3.63) is 5.53 Å². The van der Waals surface area contributed by atoms with Gasteiger partial charge in [0.05, 0.1) is 0 Å². The number of ketones is 1. The number of hydrogen-bond donors (Lipinski definition) is 2. The van der Waals surface area contributed by atoms with Gasteiger partial charge in [-0.25, -0.2) is 0 Å². The van der Waals surface area contributed by atoms with Crippen LogP contribution in [-0.2, 0) is 9.59 Å². The highest BCUT2D eigenvalue weighted by molar-refractivity contribution is 6.25. The SMILES string of the molecule is [N-]=[N+]=CC(=O)CC(N)C(=O)O. The van der Waals surface area contributed by atoms with Crippen molar-refractivity contribution in [3.8, 4) is 0 Å². The van der Waals surface area contributed by atoms with Gasteiger partial charge in [-0.2, -0.15) is 4.79 Å².